The van der Waals surface area contributed by atoms with Crippen LogP contribution < -0.4 is 22.5 Å². The van der Waals surface area contributed by atoms with E-state index in [9.17, 15) is 4.79 Å². The van der Waals surface area contributed by atoms with Crippen LogP contribution in [0.1, 0.15) is 30.4 Å². The fraction of sp³-hybridized carbons (Fsp3) is 0.474. The quantitative estimate of drug-likeness (QED) is 0.772. The number of fused-ring (bicyclic) bond motifs is 1. The third-order valence-electron chi connectivity index (χ3n) is 5.49. The molecule has 1 fully saturated rings. The predicted octanol–water partition coefficient (Wildman–Crippen LogP) is 0.999. The number of aryl methyl sites for hydroxylation is 1. The van der Waals surface area contributed by atoms with Gasteiger partial charge in [0, 0.05) is 18.3 Å². The second kappa shape index (κ2) is 6.61. The van der Waals surface area contributed by atoms with Crippen molar-refractivity contribution in [1.29, 1.82) is 0 Å². The maximum Gasteiger partial charge on any atom is 0.354 e. The van der Waals surface area contributed by atoms with E-state index in [1.807, 2.05) is 6.07 Å². The van der Waals surface area contributed by atoms with Gasteiger partial charge in [-0.3, -0.25) is 4.57 Å². The van der Waals surface area contributed by atoms with Gasteiger partial charge in [-0.05, 0) is 73.9 Å². The Morgan fingerprint density at radius 3 is 2.84 bits per heavy atom. The van der Waals surface area contributed by atoms with Gasteiger partial charge in [-0.1, -0.05) is 6.07 Å². The molecule has 1 heterocycles. The molecular weight excluding hydrogens is 314 g/mol. The fourth-order valence-electron chi connectivity index (χ4n) is 3.97. The van der Waals surface area contributed by atoms with Crippen LogP contribution in [-0.4, -0.2) is 28.2 Å². The molecule has 2 aromatic rings. The summed E-state index contributed by atoms with van der Waals surface area (Å²) in [7, 11) is 0. The molecule has 1 aromatic carbocycles. The average molecular weight is 339 g/mol. The van der Waals surface area contributed by atoms with Crippen molar-refractivity contribution in [2.75, 3.05) is 12.3 Å². The number of nitrogens with two attached hydrogens (primary N) is 2. The van der Waals surface area contributed by atoms with Gasteiger partial charge in [0.2, 0.25) is 0 Å². The lowest BCUT2D eigenvalue weighted by Gasteiger charge is -2.35. The minimum absolute atomic E-state index is 0.251. The lowest BCUT2D eigenvalue weighted by molar-refractivity contribution is 0.244. The van der Waals surface area contributed by atoms with Gasteiger partial charge in [-0.15, -0.1) is 0 Å². The molecule has 132 valence electrons. The van der Waals surface area contributed by atoms with Crippen molar-refractivity contribution in [3.8, 4) is 5.69 Å². The molecule has 0 bridgehead atoms. The summed E-state index contributed by atoms with van der Waals surface area (Å²) in [4.78, 5) is 15.8. The van der Waals surface area contributed by atoms with Crippen LogP contribution in [0.2, 0.25) is 0 Å². The number of anilines is 1. The smallest absolute Gasteiger partial charge is 0.354 e. The Hall–Kier alpha value is -2.18. The van der Waals surface area contributed by atoms with Gasteiger partial charge in [0.05, 0.1) is 5.69 Å². The Morgan fingerprint density at radius 2 is 2.08 bits per heavy atom. The molecule has 0 amide bonds. The van der Waals surface area contributed by atoms with Crippen LogP contribution in [0, 0.1) is 5.92 Å². The maximum absolute atomic E-state index is 12.0. The van der Waals surface area contributed by atoms with Gasteiger partial charge < -0.3 is 16.8 Å². The van der Waals surface area contributed by atoms with E-state index in [1.165, 1.54) is 11.1 Å². The zero-order chi connectivity index (χ0) is 17.4. The average Bonchev–Trinajstić information content (AvgIpc) is 2.57. The number of rotatable bonds is 4. The van der Waals surface area contributed by atoms with Crippen LogP contribution in [0.5, 0.6) is 0 Å². The summed E-state index contributed by atoms with van der Waals surface area (Å²) in [6, 6.07) is 8.84. The van der Waals surface area contributed by atoms with Crippen molar-refractivity contribution in [3.63, 3.8) is 0 Å². The molecule has 0 spiro atoms. The van der Waals surface area contributed by atoms with E-state index in [0.717, 1.165) is 50.3 Å². The van der Waals surface area contributed by atoms with Crippen molar-refractivity contribution in [2.24, 2.45) is 11.7 Å². The minimum atomic E-state index is -0.339. The van der Waals surface area contributed by atoms with E-state index in [-0.39, 0.29) is 11.5 Å². The third kappa shape index (κ3) is 3.45. The van der Waals surface area contributed by atoms with Crippen molar-refractivity contribution < 1.29 is 0 Å². The second-order valence-corrected chi connectivity index (χ2v) is 7.40. The van der Waals surface area contributed by atoms with Gasteiger partial charge in [0.15, 0.2) is 0 Å². The summed E-state index contributed by atoms with van der Waals surface area (Å²) < 4.78 is 1.54. The summed E-state index contributed by atoms with van der Waals surface area (Å²) in [5.74, 6) is 1.00. The van der Waals surface area contributed by atoms with Crippen LogP contribution in [0.3, 0.4) is 0 Å². The largest absolute Gasteiger partial charge is 0.383 e. The van der Waals surface area contributed by atoms with Gasteiger partial charge in [0.25, 0.3) is 0 Å². The first-order valence-electron chi connectivity index (χ1n) is 9.05. The molecule has 4 rings (SSSR count). The Morgan fingerprint density at radius 1 is 1.24 bits per heavy atom. The first-order valence-corrected chi connectivity index (χ1v) is 9.05. The maximum atomic E-state index is 12.0. The molecular formula is C19H25N5O. The molecule has 1 atom stereocenters. The Labute approximate surface area is 147 Å². The Kier molecular flexibility index (Phi) is 4.31. The number of hydrogen-bond acceptors (Lipinski definition) is 5. The number of nitrogens with one attached hydrogen (secondary N) is 1. The van der Waals surface area contributed by atoms with E-state index in [0.29, 0.717) is 12.1 Å². The summed E-state index contributed by atoms with van der Waals surface area (Å²) in [6.45, 7) is 1.08. The lowest BCUT2D eigenvalue weighted by atomic mass is 9.80. The highest BCUT2D eigenvalue weighted by molar-refractivity contribution is 5.43. The van der Waals surface area contributed by atoms with Crippen molar-refractivity contribution >= 4 is 5.82 Å². The molecule has 0 saturated heterocycles. The van der Waals surface area contributed by atoms with E-state index < -0.39 is 0 Å². The fourth-order valence-corrected chi connectivity index (χ4v) is 3.97. The van der Waals surface area contributed by atoms with Crippen molar-refractivity contribution in [1.82, 2.24) is 14.9 Å². The summed E-state index contributed by atoms with van der Waals surface area (Å²) in [5.41, 5.74) is 14.6. The molecule has 0 aliphatic heterocycles. The molecule has 6 heteroatoms. The molecule has 2 aliphatic rings. The molecule has 25 heavy (non-hydrogen) atoms. The second-order valence-electron chi connectivity index (χ2n) is 7.40. The Balaban J connectivity index is 1.45. The number of nitrogens with zero attached hydrogens (tertiary/aromatic N) is 2. The molecule has 2 aliphatic carbocycles. The van der Waals surface area contributed by atoms with Crippen LogP contribution in [-0.2, 0) is 12.8 Å². The number of nitrogen functional groups attached to an aromatic ring is 1. The summed E-state index contributed by atoms with van der Waals surface area (Å²) in [6.07, 6.45) is 7.20. The molecule has 5 N–H and O–H groups in total. The van der Waals surface area contributed by atoms with E-state index in [4.69, 9.17) is 11.5 Å². The topological polar surface area (TPSA) is 99.0 Å². The summed E-state index contributed by atoms with van der Waals surface area (Å²) in [5, 5.41) is 3.71. The Bertz CT molecular complexity index is 825. The third-order valence-corrected chi connectivity index (χ3v) is 5.49. The highest BCUT2D eigenvalue weighted by atomic mass is 16.1. The summed E-state index contributed by atoms with van der Waals surface area (Å²) >= 11 is 0. The molecule has 0 radical (unpaired) electrons. The van der Waals surface area contributed by atoms with E-state index in [2.05, 4.69) is 22.4 Å². The van der Waals surface area contributed by atoms with Crippen molar-refractivity contribution in [2.45, 2.75) is 44.2 Å². The molecule has 1 aromatic heterocycles. The van der Waals surface area contributed by atoms with Crippen LogP contribution in [0.4, 0.5) is 5.82 Å². The lowest BCUT2D eigenvalue weighted by Crippen LogP contribution is -2.45. The monoisotopic (exact) mass is 339 g/mol. The van der Waals surface area contributed by atoms with Crippen LogP contribution >= 0.6 is 0 Å². The first-order chi connectivity index (χ1) is 12.1. The SMILES string of the molecule is Nc1ccn(-c2ccc3c(c2)CCC(NCC2CC(N)C2)C3)c(=O)n1. The zero-order valence-corrected chi connectivity index (χ0v) is 14.3. The predicted molar refractivity (Wildman–Crippen MR) is 98.8 cm³/mol. The minimum Gasteiger partial charge on any atom is -0.383 e. The number of benzene rings is 1. The standard InChI is InChI=1S/C19H25N5O/c20-15-7-12(8-15)11-22-16-3-1-14-10-17(4-2-13(14)9-16)24-6-5-18(21)23-19(24)25/h2,4-6,10,12,15-16,22H,1,3,7-9,11,20H2,(H2,21,23,25). The highest BCUT2D eigenvalue weighted by Crippen LogP contribution is 2.27. The number of aromatic nitrogens is 2. The van der Waals surface area contributed by atoms with Gasteiger partial charge in [-0.2, -0.15) is 4.98 Å². The van der Waals surface area contributed by atoms with E-state index in [1.54, 1.807) is 16.8 Å². The van der Waals surface area contributed by atoms with Gasteiger partial charge in [-0.25, -0.2) is 4.79 Å². The molecule has 1 saturated carbocycles. The van der Waals surface area contributed by atoms with Crippen LogP contribution in [0.15, 0.2) is 35.3 Å². The first kappa shape index (κ1) is 16.3. The highest BCUT2D eigenvalue weighted by Gasteiger charge is 2.27. The normalized spacial score (nSPS) is 25.2. The molecule has 1 unspecified atom stereocenters. The molecule has 6 nitrogen and oxygen atoms in total. The zero-order valence-electron chi connectivity index (χ0n) is 14.3. The van der Waals surface area contributed by atoms with Crippen LogP contribution in [0.25, 0.3) is 5.69 Å². The van der Waals surface area contributed by atoms with Gasteiger partial charge in [0.1, 0.15) is 5.82 Å². The van der Waals surface area contributed by atoms with E-state index >= 15 is 0 Å². The van der Waals surface area contributed by atoms with Gasteiger partial charge >= 0.3 is 5.69 Å². The number of hydrogen-bond donors (Lipinski definition) is 3. The van der Waals surface area contributed by atoms with Crippen molar-refractivity contribution in [3.05, 3.63) is 52.1 Å².